The third-order valence-corrected chi connectivity index (χ3v) is 6.75. The zero-order valence-corrected chi connectivity index (χ0v) is 23.6. The van der Waals surface area contributed by atoms with Crippen molar-refractivity contribution in [3.05, 3.63) is 77.4 Å². The number of Topliss-reactive ketones (excluding diaryl/α,β-unsaturated/α-hetero) is 1. The Bertz CT molecular complexity index is 1540. The van der Waals surface area contributed by atoms with Gasteiger partial charge < -0.3 is 19.0 Å². The van der Waals surface area contributed by atoms with Crippen molar-refractivity contribution >= 4 is 21.7 Å². The van der Waals surface area contributed by atoms with Crippen molar-refractivity contribution in [1.29, 1.82) is 0 Å². The number of carbonyl (C=O) groups excluding carboxylic acids is 2. The summed E-state index contributed by atoms with van der Waals surface area (Å²) >= 11 is 0. The van der Waals surface area contributed by atoms with Gasteiger partial charge in [-0.25, -0.2) is 21.9 Å². The lowest BCUT2D eigenvalue weighted by atomic mass is 10.0. The number of amides is 1. The van der Waals surface area contributed by atoms with Gasteiger partial charge in [-0.1, -0.05) is 6.07 Å². The Kier molecular flexibility index (Phi) is 9.59. The highest BCUT2D eigenvalue weighted by atomic mass is 32.2. The standard InChI is InChI=1S/C30H31F2NO7S/c1-19(34)4-3-9-38-27-12-24(13-28(16-27)39-17-20-5-6-20)23-10-25(31)15-26(11-23)40-18-22-8-7-21(14-29(22)32)30(35)33-41(2,36)37/h7-8,10-16,20H,3-6,9,17-18H2,1-2H3,(H,33,35). The molecule has 0 saturated heterocycles. The molecule has 0 spiro atoms. The van der Waals surface area contributed by atoms with Crippen LogP contribution >= 0.6 is 0 Å². The maximum Gasteiger partial charge on any atom is 0.264 e. The first-order chi connectivity index (χ1) is 19.4. The van der Waals surface area contributed by atoms with Crippen LogP contribution in [-0.2, 0) is 21.4 Å². The van der Waals surface area contributed by atoms with Crippen LogP contribution in [-0.4, -0.2) is 39.6 Å². The SMILES string of the molecule is CC(=O)CCCOc1cc(OCC2CC2)cc(-c2cc(F)cc(OCc3ccc(C(=O)NS(C)(=O)=O)cc3F)c2)c1. The molecule has 1 fully saturated rings. The minimum absolute atomic E-state index is 0.0800. The van der Waals surface area contributed by atoms with Gasteiger partial charge in [0.1, 0.15) is 41.3 Å². The first-order valence-electron chi connectivity index (χ1n) is 13.1. The van der Waals surface area contributed by atoms with Crippen LogP contribution in [0.1, 0.15) is 48.5 Å². The molecule has 0 radical (unpaired) electrons. The Hall–Kier alpha value is -3.99. The Morgan fingerprint density at radius 1 is 0.902 bits per heavy atom. The summed E-state index contributed by atoms with van der Waals surface area (Å²) in [7, 11) is -3.80. The molecule has 41 heavy (non-hydrogen) atoms. The van der Waals surface area contributed by atoms with E-state index in [1.165, 1.54) is 31.2 Å². The molecule has 0 aromatic heterocycles. The van der Waals surface area contributed by atoms with E-state index in [2.05, 4.69) is 0 Å². The van der Waals surface area contributed by atoms with Gasteiger partial charge in [0, 0.05) is 29.7 Å². The van der Waals surface area contributed by atoms with Crippen LogP contribution in [0.2, 0.25) is 0 Å². The van der Waals surface area contributed by atoms with Crippen LogP contribution < -0.4 is 18.9 Å². The number of carbonyl (C=O) groups is 2. The molecule has 1 aliphatic rings. The molecule has 4 rings (SSSR count). The number of ketones is 1. The number of nitrogens with one attached hydrogen (secondary N) is 1. The Morgan fingerprint density at radius 3 is 2.20 bits per heavy atom. The lowest BCUT2D eigenvalue weighted by Crippen LogP contribution is -2.29. The fourth-order valence-electron chi connectivity index (χ4n) is 3.92. The third kappa shape index (κ3) is 9.56. The van der Waals surface area contributed by atoms with Gasteiger partial charge in [0.25, 0.3) is 5.91 Å². The minimum atomic E-state index is -3.80. The molecule has 0 unspecified atom stereocenters. The van der Waals surface area contributed by atoms with Crippen molar-refractivity contribution in [3.8, 4) is 28.4 Å². The third-order valence-electron chi connectivity index (χ3n) is 6.20. The van der Waals surface area contributed by atoms with E-state index in [1.54, 1.807) is 29.0 Å². The fourth-order valence-corrected chi connectivity index (χ4v) is 4.38. The van der Waals surface area contributed by atoms with Crippen LogP contribution in [0, 0.1) is 17.6 Å². The van der Waals surface area contributed by atoms with Crippen molar-refractivity contribution in [2.75, 3.05) is 19.5 Å². The number of sulfonamides is 1. The zero-order chi connectivity index (χ0) is 29.6. The van der Waals surface area contributed by atoms with Gasteiger partial charge in [0.2, 0.25) is 10.0 Å². The second kappa shape index (κ2) is 13.1. The van der Waals surface area contributed by atoms with Crippen molar-refractivity contribution in [3.63, 3.8) is 0 Å². The number of halogens is 2. The van der Waals surface area contributed by atoms with Crippen LogP contribution in [0.25, 0.3) is 11.1 Å². The van der Waals surface area contributed by atoms with E-state index in [4.69, 9.17) is 14.2 Å². The van der Waals surface area contributed by atoms with E-state index in [0.717, 1.165) is 25.2 Å². The summed E-state index contributed by atoms with van der Waals surface area (Å²) in [5, 5.41) is 0. The molecule has 3 aromatic rings. The summed E-state index contributed by atoms with van der Waals surface area (Å²) in [5.41, 5.74) is 1.02. The second-order valence-electron chi connectivity index (χ2n) is 10.1. The molecule has 1 saturated carbocycles. The Labute approximate surface area is 237 Å². The van der Waals surface area contributed by atoms with Gasteiger partial charge in [-0.2, -0.15) is 0 Å². The number of rotatable bonds is 14. The molecular weight excluding hydrogens is 556 g/mol. The molecule has 218 valence electrons. The van der Waals surface area contributed by atoms with Gasteiger partial charge in [0.05, 0.1) is 19.5 Å². The predicted octanol–water partition coefficient (Wildman–Crippen LogP) is 5.44. The summed E-state index contributed by atoms with van der Waals surface area (Å²) < 4.78 is 71.0. The van der Waals surface area contributed by atoms with E-state index in [9.17, 15) is 26.8 Å². The molecule has 0 heterocycles. The molecule has 1 aliphatic carbocycles. The van der Waals surface area contributed by atoms with Gasteiger partial charge in [0.15, 0.2) is 0 Å². The fraction of sp³-hybridized carbons (Fsp3) is 0.333. The molecular formula is C30H31F2NO7S. The normalized spacial score (nSPS) is 13.0. The summed E-state index contributed by atoms with van der Waals surface area (Å²) in [5.74, 6) is -0.470. The smallest absolute Gasteiger partial charge is 0.264 e. The predicted molar refractivity (Wildman–Crippen MR) is 149 cm³/mol. The van der Waals surface area contributed by atoms with Gasteiger partial charge in [-0.15, -0.1) is 0 Å². The van der Waals surface area contributed by atoms with Crippen molar-refractivity contribution < 1.29 is 41.0 Å². The van der Waals surface area contributed by atoms with Gasteiger partial charge >= 0.3 is 0 Å². The number of benzene rings is 3. The van der Waals surface area contributed by atoms with Crippen LogP contribution in [0.15, 0.2) is 54.6 Å². The summed E-state index contributed by atoms with van der Waals surface area (Å²) in [6.07, 6.45) is 4.03. The first kappa shape index (κ1) is 30.0. The Morgan fingerprint density at radius 2 is 1.56 bits per heavy atom. The molecule has 3 aromatic carbocycles. The van der Waals surface area contributed by atoms with Crippen LogP contribution in [0.5, 0.6) is 17.2 Å². The number of hydrogen-bond donors (Lipinski definition) is 1. The van der Waals surface area contributed by atoms with E-state index in [1.807, 2.05) is 0 Å². The molecule has 0 atom stereocenters. The number of hydrogen-bond acceptors (Lipinski definition) is 7. The molecule has 8 nitrogen and oxygen atoms in total. The average Bonchev–Trinajstić information content (AvgIpc) is 3.72. The van der Waals surface area contributed by atoms with E-state index >= 15 is 0 Å². The van der Waals surface area contributed by atoms with Crippen LogP contribution in [0.3, 0.4) is 0 Å². The highest BCUT2D eigenvalue weighted by Gasteiger charge is 2.22. The van der Waals surface area contributed by atoms with Gasteiger partial charge in [-0.05, 0) is 79.6 Å². The largest absolute Gasteiger partial charge is 0.493 e. The summed E-state index contributed by atoms with van der Waals surface area (Å²) in [4.78, 5) is 23.2. The van der Waals surface area contributed by atoms with Crippen LogP contribution in [0.4, 0.5) is 8.78 Å². The molecule has 1 amide bonds. The van der Waals surface area contributed by atoms with Crippen molar-refractivity contribution in [1.82, 2.24) is 4.72 Å². The molecule has 11 heteroatoms. The number of ether oxygens (including phenoxy) is 3. The van der Waals surface area contributed by atoms with E-state index < -0.39 is 27.6 Å². The van der Waals surface area contributed by atoms with E-state index in [-0.39, 0.29) is 29.3 Å². The van der Waals surface area contributed by atoms with Crippen molar-refractivity contribution in [2.24, 2.45) is 5.92 Å². The first-order valence-corrected chi connectivity index (χ1v) is 15.0. The average molecular weight is 588 g/mol. The summed E-state index contributed by atoms with van der Waals surface area (Å²) in [6.45, 7) is 2.17. The maximum absolute atomic E-state index is 14.6. The quantitative estimate of drug-likeness (QED) is 0.250. The second-order valence-corrected chi connectivity index (χ2v) is 11.8. The monoisotopic (exact) mass is 587 g/mol. The lowest BCUT2D eigenvalue weighted by molar-refractivity contribution is -0.117. The molecule has 0 aliphatic heterocycles. The molecule has 0 bridgehead atoms. The topological polar surface area (TPSA) is 108 Å². The minimum Gasteiger partial charge on any atom is -0.493 e. The highest BCUT2D eigenvalue weighted by molar-refractivity contribution is 7.89. The molecule has 1 N–H and O–H groups in total. The van der Waals surface area contributed by atoms with Crippen molar-refractivity contribution in [2.45, 2.75) is 39.2 Å². The Balaban J connectivity index is 1.50. The zero-order valence-electron chi connectivity index (χ0n) is 22.7. The maximum atomic E-state index is 14.6. The summed E-state index contributed by atoms with van der Waals surface area (Å²) in [6, 6.07) is 12.9. The highest BCUT2D eigenvalue weighted by Crippen LogP contribution is 2.35. The van der Waals surface area contributed by atoms with E-state index in [0.29, 0.717) is 54.6 Å². The van der Waals surface area contributed by atoms with Gasteiger partial charge in [-0.3, -0.25) is 4.79 Å². The lowest BCUT2D eigenvalue weighted by Gasteiger charge is -2.14.